The molecule has 2 aromatic carbocycles. The third-order valence-corrected chi connectivity index (χ3v) is 3.24. The molecule has 19 heavy (non-hydrogen) atoms. The molecule has 2 heteroatoms. The van der Waals surface area contributed by atoms with Gasteiger partial charge in [-0.1, -0.05) is 31.2 Å². The lowest BCUT2D eigenvalue weighted by Gasteiger charge is -2.08. The third kappa shape index (κ3) is 4.02. The first-order valence-corrected chi connectivity index (χ1v) is 6.77. The summed E-state index contributed by atoms with van der Waals surface area (Å²) >= 11 is 0. The second-order valence-corrected chi connectivity index (χ2v) is 4.58. The maximum absolute atomic E-state index is 5.22. The van der Waals surface area contributed by atoms with Gasteiger partial charge in [0.15, 0.2) is 0 Å². The molecule has 0 fully saturated rings. The lowest BCUT2D eigenvalue weighted by molar-refractivity contribution is 0.414. The Morgan fingerprint density at radius 2 is 1.79 bits per heavy atom. The molecule has 0 aliphatic rings. The Hall–Kier alpha value is -1.96. The summed E-state index contributed by atoms with van der Waals surface area (Å²) in [7, 11) is 1.70. The zero-order valence-corrected chi connectivity index (χ0v) is 11.6. The van der Waals surface area contributed by atoms with Gasteiger partial charge in [-0.3, -0.25) is 0 Å². The molecule has 0 aromatic heterocycles. The predicted molar refractivity (Wildman–Crippen MR) is 81.0 cm³/mol. The molecule has 0 saturated heterocycles. The number of nitrogens with one attached hydrogen (secondary N) is 1. The Morgan fingerprint density at radius 3 is 2.47 bits per heavy atom. The minimum Gasteiger partial charge on any atom is -0.497 e. The van der Waals surface area contributed by atoms with Crippen LogP contribution in [-0.4, -0.2) is 13.7 Å². The summed E-state index contributed by atoms with van der Waals surface area (Å²) < 4.78 is 5.22. The molecule has 0 aliphatic heterocycles. The zero-order chi connectivity index (χ0) is 13.5. The van der Waals surface area contributed by atoms with Gasteiger partial charge < -0.3 is 10.1 Å². The first-order valence-electron chi connectivity index (χ1n) is 6.77. The van der Waals surface area contributed by atoms with Crippen LogP contribution < -0.4 is 10.1 Å². The number of hydrogen-bond acceptors (Lipinski definition) is 2. The van der Waals surface area contributed by atoms with Crippen molar-refractivity contribution in [1.29, 1.82) is 0 Å². The van der Waals surface area contributed by atoms with Crippen molar-refractivity contribution >= 4 is 5.69 Å². The normalized spacial score (nSPS) is 10.2. The quantitative estimate of drug-likeness (QED) is 0.845. The highest BCUT2D eigenvalue weighted by Gasteiger charge is 1.97. The van der Waals surface area contributed by atoms with E-state index < -0.39 is 0 Å². The number of hydrogen-bond donors (Lipinski definition) is 1. The fourth-order valence-electron chi connectivity index (χ4n) is 2.04. The van der Waals surface area contributed by atoms with Gasteiger partial charge in [-0.2, -0.15) is 0 Å². The van der Waals surface area contributed by atoms with Crippen LogP contribution in [0.3, 0.4) is 0 Å². The molecule has 1 N–H and O–H groups in total. The molecule has 100 valence electrons. The Balaban J connectivity index is 1.85. The van der Waals surface area contributed by atoms with Gasteiger partial charge >= 0.3 is 0 Å². The highest BCUT2D eigenvalue weighted by molar-refractivity contribution is 5.44. The molecule has 0 heterocycles. The molecular formula is C17H21NO. The topological polar surface area (TPSA) is 21.3 Å². The molecule has 0 amide bonds. The van der Waals surface area contributed by atoms with Crippen LogP contribution in [0.15, 0.2) is 48.5 Å². The predicted octanol–water partition coefficient (Wildman–Crippen LogP) is 3.91. The van der Waals surface area contributed by atoms with E-state index in [0.29, 0.717) is 0 Å². The van der Waals surface area contributed by atoms with Crippen molar-refractivity contribution in [3.63, 3.8) is 0 Å². The molecule has 0 aliphatic carbocycles. The molecule has 0 saturated carbocycles. The maximum Gasteiger partial charge on any atom is 0.119 e. The van der Waals surface area contributed by atoms with E-state index in [9.17, 15) is 0 Å². The summed E-state index contributed by atoms with van der Waals surface area (Å²) in [5, 5.41) is 3.44. The van der Waals surface area contributed by atoms with Gasteiger partial charge in [-0.25, -0.2) is 0 Å². The van der Waals surface area contributed by atoms with Crippen LogP contribution in [0.4, 0.5) is 5.69 Å². The van der Waals surface area contributed by atoms with Gasteiger partial charge in [0.25, 0.3) is 0 Å². The Labute approximate surface area is 115 Å². The monoisotopic (exact) mass is 255 g/mol. The summed E-state index contributed by atoms with van der Waals surface area (Å²) in [6.45, 7) is 3.10. The van der Waals surface area contributed by atoms with Gasteiger partial charge in [0, 0.05) is 12.2 Å². The fraction of sp³-hybridized carbons (Fsp3) is 0.294. The highest BCUT2D eigenvalue weighted by Crippen LogP contribution is 2.14. The molecule has 0 atom stereocenters. The van der Waals surface area contributed by atoms with E-state index in [1.165, 1.54) is 16.8 Å². The number of benzene rings is 2. The van der Waals surface area contributed by atoms with Crippen LogP contribution in [-0.2, 0) is 12.8 Å². The van der Waals surface area contributed by atoms with E-state index in [2.05, 4.69) is 48.6 Å². The molecule has 0 spiro atoms. The number of rotatable bonds is 6. The molecule has 0 radical (unpaired) electrons. The number of aryl methyl sites for hydroxylation is 1. The van der Waals surface area contributed by atoms with Crippen LogP contribution in [0.5, 0.6) is 5.75 Å². The maximum atomic E-state index is 5.22. The number of anilines is 1. The second kappa shape index (κ2) is 6.83. The molecule has 0 bridgehead atoms. The molecular weight excluding hydrogens is 234 g/mol. The summed E-state index contributed by atoms with van der Waals surface area (Å²) in [5.74, 6) is 0.921. The van der Waals surface area contributed by atoms with Crippen molar-refractivity contribution in [2.45, 2.75) is 19.8 Å². The Kier molecular flexibility index (Phi) is 4.85. The van der Waals surface area contributed by atoms with Gasteiger partial charge in [-0.15, -0.1) is 0 Å². The minimum atomic E-state index is 0.921. The summed E-state index contributed by atoms with van der Waals surface area (Å²) in [6, 6.07) is 16.9. The number of ether oxygens (including phenoxy) is 1. The van der Waals surface area contributed by atoms with E-state index in [4.69, 9.17) is 4.74 Å². The van der Waals surface area contributed by atoms with Crippen LogP contribution in [0.25, 0.3) is 0 Å². The average Bonchev–Trinajstić information content (AvgIpc) is 2.48. The lowest BCUT2D eigenvalue weighted by atomic mass is 10.1. The summed E-state index contributed by atoms with van der Waals surface area (Å²) in [5.41, 5.74) is 3.84. The minimum absolute atomic E-state index is 0.921. The van der Waals surface area contributed by atoms with Crippen LogP contribution >= 0.6 is 0 Å². The highest BCUT2D eigenvalue weighted by atomic mass is 16.5. The lowest BCUT2D eigenvalue weighted by Crippen LogP contribution is -2.04. The van der Waals surface area contributed by atoms with Crippen LogP contribution in [0.2, 0.25) is 0 Å². The van der Waals surface area contributed by atoms with E-state index in [0.717, 1.165) is 25.1 Å². The Morgan fingerprint density at radius 1 is 1.00 bits per heavy atom. The first-order chi connectivity index (χ1) is 9.31. The van der Waals surface area contributed by atoms with Crippen molar-refractivity contribution in [2.24, 2.45) is 0 Å². The molecule has 2 nitrogen and oxygen atoms in total. The van der Waals surface area contributed by atoms with E-state index in [1.54, 1.807) is 7.11 Å². The average molecular weight is 255 g/mol. The van der Waals surface area contributed by atoms with Crippen molar-refractivity contribution < 1.29 is 4.74 Å². The third-order valence-electron chi connectivity index (χ3n) is 3.24. The fourth-order valence-corrected chi connectivity index (χ4v) is 2.04. The van der Waals surface area contributed by atoms with Crippen molar-refractivity contribution in [3.05, 3.63) is 59.7 Å². The molecule has 2 aromatic rings. The van der Waals surface area contributed by atoms with E-state index in [1.807, 2.05) is 12.1 Å². The van der Waals surface area contributed by atoms with Gasteiger partial charge in [0.1, 0.15) is 5.75 Å². The van der Waals surface area contributed by atoms with Gasteiger partial charge in [0.05, 0.1) is 7.11 Å². The second-order valence-electron chi connectivity index (χ2n) is 4.58. The van der Waals surface area contributed by atoms with E-state index >= 15 is 0 Å². The summed E-state index contributed by atoms with van der Waals surface area (Å²) in [6.07, 6.45) is 2.08. The van der Waals surface area contributed by atoms with Gasteiger partial charge in [-0.05, 0) is 48.2 Å². The van der Waals surface area contributed by atoms with Crippen LogP contribution in [0, 0.1) is 0 Å². The molecule has 0 unspecified atom stereocenters. The van der Waals surface area contributed by atoms with Crippen molar-refractivity contribution in [3.8, 4) is 5.75 Å². The molecule has 2 rings (SSSR count). The standard InChI is InChI=1S/C17H21NO/c1-3-14-7-9-16(10-8-14)18-12-11-15-5-4-6-17(13-15)19-2/h4-10,13,18H,3,11-12H2,1-2H3. The number of methoxy groups -OCH3 is 1. The van der Waals surface area contributed by atoms with Crippen molar-refractivity contribution in [2.75, 3.05) is 19.0 Å². The summed E-state index contributed by atoms with van der Waals surface area (Å²) in [4.78, 5) is 0. The Bertz CT molecular complexity index is 505. The first kappa shape index (κ1) is 13.5. The van der Waals surface area contributed by atoms with Crippen LogP contribution in [0.1, 0.15) is 18.1 Å². The SMILES string of the molecule is CCc1ccc(NCCc2cccc(OC)c2)cc1. The smallest absolute Gasteiger partial charge is 0.119 e. The van der Waals surface area contributed by atoms with Crippen molar-refractivity contribution in [1.82, 2.24) is 0 Å². The van der Waals surface area contributed by atoms with Gasteiger partial charge in [0.2, 0.25) is 0 Å². The zero-order valence-electron chi connectivity index (χ0n) is 11.6. The van der Waals surface area contributed by atoms with E-state index in [-0.39, 0.29) is 0 Å². The largest absolute Gasteiger partial charge is 0.497 e.